The predicted octanol–water partition coefficient (Wildman–Crippen LogP) is 2.08. The zero-order chi connectivity index (χ0) is 14.6. The molecular weight excluding hydrogens is 251 g/mol. The summed E-state index contributed by atoms with van der Waals surface area (Å²) in [5.41, 5.74) is 0.352. The first-order valence-electron chi connectivity index (χ1n) is 5.85. The van der Waals surface area contributed by atoms with E-state index >= 15 is 0 Å². The molecule has 5 nitrogen and oxygen atoms in total. The highest BCUT2D eigenvalue weighted by atomic mass is 19.1. The standard InChI is InChI=1S/C13H17FN2O3/c1-8(2)11(12(17)18)15-13(19)16(3)10-6-4-5-9(14)7-10/h4-8,11H,1-3H3,(H,15,19)(H,17,18)/t11-/m1/s1. The van der Waals surface area contributed by atoms with E-state index in [4.69, 9.17) is 5.11 Å². The molecule has 1 atom stereocenters. The molecule has 104 valence electrons. The molecular formula is C13H17FN2O3. The molecule has 1 aromatic rings. The second-order valence-corrected chi connectivity index (χ2v) is 4.55. The second-order valence-electron chi connectivity index (χ2n) is 4.55. The molecule has 0 aliphatic heterocycles. The van der Waals surface area contributed by atoms with E-state index < -0.39 is 23.9 Å². The minimum atomic E-state index is -1.10. The van der Waals surface area contributed by atoms with Gasteiger partial charge in [-0.2, -0.15) is 0 Å². The number of nitrogens with one attached hydrogen (secondary N) is 1. The molecule has 0 saturated carbocycles. The summed E-state index contributed by atoms with van der Waals surface area (Å²) in [5.74, 6) is -1.81. The topological polar surface area (TPSA) is 69.6 Å². The number of amides is 2. The minimum Gasteiger partial charge on any atom is -0.480 e. The SMILES string of the molecule is CC(C)[C@@H](NC(=O)N(C)c1cccc(F)c1)C(=O)O. The average molecular weight is 268 g/mol. The fourth-order valence-electron chi connectivity index (χ4n) is 1.55. The summed E-state index contributed by atoms with van der Waals surface area (Å²) in [4.78, 5) is 24.1. The van der Waals surface area contributed by atoms with Gasteiger partial charge in [0, 0.05) is 12.7 Å². The number of anilines is 1. The molecule has 0 unspecified atom stereocenters. The van der Waals surface area contributed by atoms with Gasteiger partial charge in [0.05, 0.1) is 0 Å². The van der Waals surface area contributed by atoms with Gasteiger partial charge in [-0.25, -0.2) is 14.0 Å². The van der Waals surface area contributed by atoms with E-state index in [0.717, 1.165) is 0 Å². The molecule has 0 aliphatic rings. The van der Waals surface area contributed by atoms with Crippen LogP contribution in [-0.4, -0.2) is 30.2 Å². The van der Waals surface area contributed by atoms with Gasteiger partial charge in [-0.3, -0.25) is 4.90 Å². The van der Waals surface area contributed by atoms with Gasteiger partial charge in [-0.1, -0.05) is 19.9 Å². The van der Waals surface area contributed by atoms with E-state index in [2.05, 4.69) is 5.32 Å². The third-order valence-corrected chi connectivity index (χ3v) is 2.71. The predicted molar refractivity (Wildman–Crippen MR) is 69.6 cm³/mol. The molecule has 19 heavy (non-hydrogen) atoms. The van der Waals surface area contributed by atoms with Gasteiger partial charge in [-0.05, 0) is 24.1 Å². The first kappa shape index (κ1) is 14.9. The Morgan fingerprint density at radius 2 is 2.00 bits per heavy atom. The highest BCUT2D eigenvalue weighted by Crippen LogP contribution is 2.14. The van der Waals surface area contributed by atoms with Crippen LogP contribution in [0.5, 0.6) is 0 Å². The smallest absolute Gasteiger partial charge is 0.326 e. The van der Waals surface area contributed by atoms with Crippen LogP contribution in [-0.2, 0) is 4.79 Å². The van der Waals surface area contributed by atoms with E-state index in [1.807, 2.05) is 0 Å². The largest absolute Gasteiger partial charge is 0.480 e. The molecule has 6 heteroatoms. The van der Waals surface area contributed by atoms with Crippen LogP contribution in [0.15, 0.2) is 24.3 Å². The van der Waals surface area contributed by atoms with Crippen molar-refractivity contribution in [1.82, 2.24) is 5.32 Å². The lowest BCUT2D eigenvalue weighted by atomic mass is 10.1. The lowest BCUT2D eigenvalue weighted by Gasteiger charge is -2.23. The Morgan fingerprint density at radius 1 is 1.37 bits per heavy atom. The number of carboxylic acids is 1. The van der Waals surface area contributed by atoms with Crippen molar-refractivity contribution in [3.8, 4) is 0 Å². The van der Waals surface area contributed by atoms with Gasteiger partial charge in [0.15, 0.2) is 0 Å². The summed E-state index contributed by atoms with van der Waals surface area (Å²) in [5, 5.41) is 11.4. The van der Waals surface area contributed by atoms with Crippen LogP contribution >= 0.6 is 0 Å². The molecule has 0 fully saturated rings. The summed E-state index contributed by atoms with van der Waals surface area (Å²) in [6.07, 6.45) is 0. The quantitative estimate of drug-likeness (QED) is 0.878. The number of hydrogen-bond donors (Lipinski definition) is 2. The number of nitrogens with zero attached hydrogens (tertiary/aromatic N) is 1. The minimum absolute atomic E-state index is 0.248. The summed E-state index contributed by atoms with van der Waals surface area (Å²) < 4.78 is 13.1. The molecule has 0 heterocycles. The average Bonchev–Trinajstić information content (AvgIpc) is 2.33. The van der Waals surface area contributed by atoms with Gasteiger partial charge in [0.2, 0.25) is 0 Å². The van der Waals surface area contributed by atoms with Crippen LogP contribution in [0, 0.1) is 11.7 Å². The lowest BCUT2D eigenvalue weighted by Crippen LogP contribution is -2.49. The summed E-state index contributed by atoms with van der Waals surface area (Å²) in [6, 6.07) is 3.93. The van der Waals surface area contributed by atoms with Crippen LogP contribution in [0.4, 0.5) is 14.9 Å². The Hall–Kier alpha value is -2.11. The Morgan fingerprint density at radius 3 is 2.47 bits per heavy atom. The van der Waals surface area contributed by atoms with Gasteiger partial charge >= 0.3 is 12.0 Å². The molecule has 0 radical (unpaired) electrons. The zero-order valence-corrected chi connectivity index (χ0v) is 11.1. The van der Waals surface area contributed by atoms with Gasteiger partial charge in [0.1, 0.15) is 11.9 Å². The molecule has 0 aromatic heterocycles. The number of carbonyl (C=O) groups is 2. The van der Waals surface area contributed by atoms with Crippen molar-refractivity contribution in [2.24, 2.45) is 5.92 Å². The number of carboxylic acid groups (broad SMARTS) is 1. The first-order chi connectivity index (χ1) is 8.82. The Balaban J connectivity index is 2.80. The normalized spacial score (nSPS) is 12.1. The van der Waals surface area contributed by atoms with Crippen LogP contribution in [0.2, 0.25) is 0 Å². The van der Waals surface area contributed by atoms with E-state index in [-0.39, 0.29) is 5.92 Å². The maximum atomic E-state index is 13.1. The molecule has 0 aliphatic carbocycles. The summed E-state index contributed by atoms with van der Waals surface area (Å²) in [7, 11) is 1.45. The monoisotopic (exact) mass is 268 g/mol. The van der Waals surface area contributed by atoms with Crippen LogP contribution in [0.25, 0.3) is 0 Å². The summed E-state index contributed by atoms with van der Waals surface area (Å²) in [6.45, 7) is 3.39. The Bertz CT molecular complexity index is 477. The number of rotatable bonds is 4. The van der Waals surface area contributed by atoms with Crippen molar-refractivity contribution >= 4 is 17.7 Å². The fraction of sp³-hybridized carbons (Fsp3) is 0.385. The van der Waals surface area contributed by atoms with E-state index in [9.17, 15) is 14.0 Å². The number of carbonyl (C=O) groups excluding carboxylic acids is 1. The van der Waals surface area contributed by atoms with E-state index in [1.54, 1.807) is 19.9 Å². The van der Waals surface area contributed by atoms with Gasteiger partial charge in [0.25, 0.3) is 0 Å². The van der Waals surface area contributed by atoms with Crippen LogP contribution < -0.4 is 10.2 Å². The number of urea groups is 1. The molecule has 0 bridgehead atoms. The van der Waals surface area contributed by atoms with Gasteiger partial charge in [-0.15, -0.1) is 0 Å². The lowest BCUT2D eigenvalue weighted by molar-refractivity contribution is -0.140. The van der Waals surface area contributed by atoms with Crippen molar-refractivity contribution in [3.05, 3.63) is 30.1 Å². The van der Waals surface area contributed by atoms with Crippen molar-refractivity contribution in [2.45, 2.75) is 19.9 Å². The first-order valence-corrected chi connectivity index (χ1v) is 5.85. The highest BCUT2D eigenvalue weighted by molar-refractivity contribution is 5.94. The zero-order valence-electron chi connectivity index (χ0n) is 11.1. The van der Waals surface area contributed by atoms with Crippen molar-refractivity contribution in [3.63, 3.8) is 0 Å². The fourth-order valence-corrected chi connectivity index (χ4v) is 1.55. The van der Waals surface area contributed by atoms with Crippen molar-refractivity contribution in [1.29, 1.82) is 0 Å². The number of hydrogen-bond acceptors (Lipinski definition) is 2. The number of benzene rings is 1. The Kier molecular flexibility index (Phi) is 4.86. The highest BCUT2D eigenvalue weighted by Gasteiger charge is 2.25. The third-order valence-electron chi connectivity index (χ3n) is 2.71. The Labute approximate surface area is 111 Å². The van der Waals surface area contributed by atoms with Crippen LogP contribution in [0.3, 0.4) is 0 Å². The molecule has 0 spiro atoms. The molecule has 2 N–H and O–H groups in total. The molecule has 2 amide bonds. The molecule has 0 saturated heterocycles. The maximum Gasteiger partial charge on any atom is 0.326 e. The van der Waals surface area contributed by atoms with Crippen LogP contribution in [0.1, 0.15) is 13.8 Å². The number of aliphatic carboxylic acids is 1. The maximum absolute atomic E-state index is 13.1. The van der Waals surface area contributed by atoms with Crippen molar-refractivity contribution < 1.29 is 19.1 Å². The third kappa shape index (κ3) is 3.94. The molecule has 1 rings (SSSR count). The van der Waals surface area contributed by atoms with E-state index in [0.29, 0.717) is 5.69 Å². The second kappa shape index (κ2) is 6.17. The number of halogens is 1. The van der Waals surface area contributed by atoms with Crippen molar-refractivity contribution in [2.75, 3.05) is 11.9 Å². The summed E-state index contributed by atoms with van der Waals surface area (Å²) >= 11 is 0. The van der Waals surface area contributed by atoms with E-state index in [1.165, 1.54) is 30.1 Å². The van der Waals surface area contributed by atoms with Gasteiger partial charge < -0.3 is 10.4 Å². The molecule has 1 aromatic carbocycles.